The van der Waals surface area contributed by atoms with Crippen LogP contribution in [0.25, 0.3) is 0 Å². The Morgan fingerprint density at radius 2 is 0.301 bits per heavy atom. The molecule has 5 aliphatic heterocycles. The standard InChI is InChI=1S/C96H184N8O8.Cu/c1-9-17-25-33-41-53-65-105-81-77-79(83(107-67-55-43-35-27-19-11-3)87(111-71-59-47-39-31-23-15-7)85(81)109-69-57-45-37-29-21-13-5)95-102-93(77)100-91-75-63-51-49-61-73(75)89(98-91)97-90-74-62-50-52-64-76(74)92(99-90)101-94-78-80(96(103-94)104-95)84(108-68-56-44-36-28-20-12-4)88(112-72-60-48-40-32-24-16-8)86(110-70-58-46-38-30-22-14-6)82(78)106-66-54-42-34-26-18-10-2;/h73-104H,9-72H2,1-8H3;/q;+2. The van der Waals surface area contributed by atoms with Gasteiger partial charge in [0.1, 0.15) is 24.4 Å². The number of nitrogens with one attached hydrogen (secondary N) is 8. The molecule has 0 aromatic rings. The van der Waals surface area contributed by atoms with E-state index in [9.17, 15) is 0 Å². The number of fused-ring (bicyclic) bond motifs is 20. The van der Waals surface area contributed by atoms with Crippen molar-refractivity contribution in [3.63, 3.8) is 0 Å². The molecule has 665 valence electrons. The van der Waals surface area contributed by atoms with Crippen LogP contribution >= 0.6 is 0 Å². The van der Waals surface area contributed by atoms with Gasteiger partial charge < -0.3 is 37.9 Å². The maximum Gasteiger partial charge on any atom is 2.00 e. The Morgan fingerprint density at radius 3 is 0.469 bits per heavy atom. The van der Waals surface area contributed by atoms with Crippen LogP contribution in [0.2, 0.25) is 0 Å². The molecule has 4 aliphatic carbocycles. The summed E-state index contributed by atoms with van der Waals surface area (Å²) in [6, 6.07) is 0. The molecule has 0 spiro atoms. The zero-order valence-corrected chi connectivity index (χ0v) is 75.6. The van der Waals surface area contributed by atoms with Gasteiger partial charge in [-0.05, 0) is 101 Å². The first-order valence-corrected chi connectivity index (χ1v) is 50.4. The van der Waals surface area contributed by atoms with Gasteiger partial charge in [-0.25, -0.2) is 0 Å². The minimum Gasteiger partial charge on any atom is -0.375 e. The Labute approximate surface area is 706 Å². The maximum atomic E-state index is 7.95. The first-order valence-electron chi connectivity index (χ1n) is 50.4. The summed E-state index contributed by atoms with van der Waals surface area (Å²) in [5.74, 6) is 1.93. The van der Waals surface area contributed by atoms with Crippen molar-refractivity contribution in [3.8, 4) is 0 Å². The smallest absolute Gasteiger partial charge is 0.375 e. The van der Waals surface area contributed by atoms with Gasteiger partial charge in [-0.2, -0.15) is 0 Å². The second-order valence-corrected chi connectivity index (χ2v) is 37.5. The average Bonchev–Trinajstić information content (AvgIpc) is 1.59. The monoisotopic (exact) mass is 1640 g/mol. The Balaban J connectivity index is 0.0000160. The summed E-state index contributed by atoms with van der Waals surface area (Å²) < 4.78 is 62.7. The van der Waals surface area contributed by atoms with E-state index in [1.54, 1.807) is 0 Å². The minimum absolute atomic E-state index is 0. The predicted octanol–water partition coefficient (Wildman–Crippen LogP) is 21.4. The van der Waals surface area contributed by atoms with E-state index in [1.165, 1.54) is 308 Å². The van der Waals surface area contributed by atoms with Gasteiger partial charge in [-0.1, -0.05) is 338 Å². The molecule has 5 heterocycles. The molecule has 0 amide bonds. The van der Waals surface area contributed by atoms with Crippen LogP contribution in [-0.2, 0) is 55.0 Å². The molecule has 9 aliphatic rings. The van der Waals surface area contributed by atoms with Crippen molar-refractivity contribution in [1.29, 1.82) is 0 Å². The number of unbranched alkanes of at least 4 members (excludes halogenated alkanes) is 40. The van der Waals surface area contributed by atoms with Gasteiger partial charge in [0.05, 0.1) is 73.7 Å². The predicted molar refractivity (Wildman–Crippen MR) is 465 cm³/mol. The average molecular weight is 1640 g/mol. The summed E-state index contributed by atoms with van der Waals surface area (Å²) >= 11 is 0. The fourth-order valence-corrected chi connectivity index (χ4v) is 22.4. The Bertz CT molecular complexity index is 2140. The summed E-state index contributed by atoms with van der Waals surface area (Å²) in [5.41, 5.74) is 0. The topological polar surface area (TPSA) is 170 Å². The molecular formula is C96H184CuN8O8+2. The van der Waals surface area contributed by atoms with E-state index in [0.717, 1.165) is 51.4 Å². The molecule has 113 heavy (non-hydrogen) atoms. The molecule has 4 saturated carbocycles. The van der Waals surface area contributed by atoms with Crippen molar-refractivity contribution in [1.82, 2.24) is 42.5 Å². The molecular weight excluding hydrogens is 1460 g/mol. The molecule has 0 aromatic carbocycles. The van der Waals surface area contributed by atoms with Crippen LogP contribution in [0.5, 0.6) is 0 Å². The number of hydrogen-bond acceptors (Lipinski definition) is 16. The summed E-state index contributed by atoms with van der Waals surface area (Å²) in [6.07, 6.45) is 66.3. The van der Waals surface area contributed by atoms with Gasteiger partial charge in [0.15, 0.2) is 0 Å². The second kappa shape index (κ2) is 59.6. The van der Waals surface area contributed by atoms with E-state index in [2.05, 4.69) is 92.6 Å². The largest absolute Gasteiger partial charge is 2.00 e. The van der Waals surface area contributed by atoms with E-state index in [4.69, 9.17) is 43.2 Å². The van der Waals surface area contributed by atoms with Crippen LogP contribution in [-0.4, -0.2) is 151 Å². The van der Waals surface area contributed by atoms with E-state index >= 15 is 0 Å². The van der Waals surface area contributed by atoms with Crippen LogP contribution in [0.3, 0.4) is 0 Å². The van der Waals surface area contributed by atoms with E-state index in [0.29, 0.717) is 76.5 Å². The SMILES string of the molecule is CCCCCCCCOC1C(OCCCCCCCC)C(OCCCCCCCC)C2C3NC(NC4NC(NC5NC(NC6NC(N3)C3C(OCCCCCCCC)C(OCCCCCCCC)C(OCCCCCCCC)C(OCCCCCCCC)C63)C3CCCCC53)C3CCCCC43)C2C1OCCCCCCCC.[Cu+2]. The minimum atomic E-state index is -0.317. The Hall–Kier alpha value is -0.121. The molecule has 1 radical (unpaired) electrons. The Morgan fingerprint density at radius 1 is 0.168 bits per heavy atom. The van der Waals surface area contributed by atoms with Crippen molar-refractivity contribution in [2.24, 2.45) is 47.3 Å². The number of hydrogen-bond donors (Lipinski definition) is 8. The van der Waals surface area contributed by atoms with Gasteiger partial charge in [0, 0.05) is 76.5 Å². The normalized spacial score (nSPS) is 33.3. The molecule has 24 unspecified atom stereocenters. The summed E-state index contributed by atoms with van der Waals surface area (Å²) in [6.45, 7) is 24.3. The van der Waals surface area contributed by atoms with E-state index in [-0.39, 0.29) is 139 Å². The van der Waals surface area contributed by atoms with Crippen LogP contribution in [0.4, 0.5) is 0 Å². The summed E-state index contributed by atoms with van der Waals surface area (Å²) in [7, 11) is 0. The molecule has 8 bridgehead atoms. The van der Waals surface area contributed by atoms with Crippen molar-refractivity contribution in [3.05, 3.63) is 0 Å². The Kier molecular flexibility index (Phi) is 51.9. The number of ether oxygens (including phenoxy) is 8. The molecule has 0 aromatic heterocycles. The van der Waals surface area contributed by atoms with E-state index in [1.807, 2.05) is 0 Å². The van der Waals surface area contributed by atoms with Gasteiger partial charge >= 0.3 is 17.1 Å². The van der Waals surface area contributed by atoms with Crippen LogP contribution < -0.4 is 42.5 Å². The second-order valence-electron chi connectivity index (χ2n) is 37.5. The number of rotatable bonds is 64. The molecule has 17 heteroatoms. The van der Waals surface area contributed by atoms with Crippen LogP contribution in [0, 0.1) is 47.3 Å². The third kappa shape index (κ3) is 31.9. The zero-order chi connectivity index (χ0) is 78.4. The fourth-order valence-electron chi connectivity index (χ4n) is 22.4. The van der Waals surface area contributed by atoms with Crippen molar-refractivity contribution in [2.75, 3.05) is 52.9 Å². The van der Waals surface area contributed by atoms with Crippen LogP contribution in [0.15, 0.2) is 0 Å². The van der Waals surface area contributed by atoms with Gasteiger partial charge in [-0.3, -0.25) is 42.5 Å². The van der Waals surface area contributed by atoms with E-state index < -0.39 is 0 Å². The zero-order valence-electron chi connectivity index (χ0n) is 74.7. The molecule has 8 N–H and O–H groups in total. The van der Waals surface area contributed by atoms with Crippen molar-refractivity contribution in [2.45, 2.75) is 513 Å². The molecule has 5 saturated heterocycles. The first kappa shape index (κ1) is 98.3. The van der Waals surface area contributed by atoms with Crippen molar-refractivity contribution < 1.29 is 55.0 Å². The van der Waals surface area contributed by atoms with Gasteiger partial charge in [-0.15, -0.1) is 0 Å². The van der Waals surface area contributed by atoms with Crippen molar-refractivity contribution >= 4 is 0 Å². The molecule has 9 fully saturated rings. The molecule has 16 nitrogen and oxygen atoms in total. The molecule has 9 rings (SSSR count). The molecule has 24 atom stereocenters. The van der Waals surface area contributed by atoms with Gasteiger partial charge in [0.2, 0.25) is 0 Å². The summed E-state index contributed by atoms with van der Waals surface area (Å²) in [5, 5.41) is 36.7. The summed E-state index contributed by atoms with van der Waals surface area (Å²) in [4.78, 5) is 0. The maximum absolute atomic E-state index is 7.95. The first-order chi connectivity index (χ1) is 55.4. The van der Waals surface area contributed by atoms with Crippen LogP contribution in [0.1, 0.15) is 415 Å². The third-order valence-corrected chi connectivity index (χ3v) is 28.7. The third-order valence-electron chi connectivity index (χ3n) is 28.7. The van der Waals surface area contributed by atoms with Gasteiger partial charge in [0.25, 0.3) is 0 Å². The quantitative estimate of drug-likeness (QED) is 0.0214. The fraction of sp³-hybridized carbons (Fsp3) is 1.00.